The molecular formula is C11H14N2O2S. The number of thioether (sulfide) groups is 1. The second kappa shape index (κ2) is 4.74. The van der Waals surface area contributed by atoms with Gasteiger partial charge < -0.3 is 10.0 Å². The Balaban J connectivity index is 2.19. The molecule has 4 nitrogen and oxygen atoms in total. The first-order valence-corrected chi connectivity index (χ1v) is 6.27. The average Bonchev–Trinajstić information content (AvgIpc) is 2.29. The van der Waals surface area contributed by atoms with Crippen LogP contribution in [0.15, 0.2) is 18.3 Å². The molecule has 16 heavy (non-hydrogen) atoms. The monoisotopic (exact) mass is 238 g/mol. The van der Waals surface area contributed by atoms with Gasteiger partial charge in [0.1, 0.15) is 5.69 Å². The molecule has 0 aromatic carbocycles. The van der Waals surface area contributed by atoms with Crippen LogP contribution in [0, 0.1) is 0 Å². The molecule has 0 amide bonds. The topological polar surface area (TPSA) is 53.4 Å². The van der Waals surface area contributed by atoms with E-state index in [4.69, 9.17) is 5.11 Å². The molecule has 1 aromatic heterocycles. The van der Waals surface area contributed by atoms with E-state index >= 15 is 0 Å². The van der Waals surface area contributed by atoms with Gasteiger partial charge in [0, 0.05) is 36.0 Å². The Morgan fingerprint density at radius 3 is 3.19 bits per heavy atom. The fraction of sp³-hybridized carbons (Fsp3) is 0.455. The van der Waals surface area contributed by atoms with Gasteiger partial charge in [-0.15, -0.1) is 0 Å². The maximum absolute atomic E-state index is 10.8. The number of nitrogens with zero attached hydrogens (tertiary/aromatic N) is 2. The first kappa shape index (κ1) is 11.3. The number of rotatable bonds is 2. The van der Waals surface area contributed by atoms with E-state index in [9.17, 15) is 4.79 Å². The number of aromatic carboxylic acids is 1. The smallest absolute Gasteiger partial charge is 0.354 e. The Morgan fingerprint density at radius 1 is 1.69 bits per heavy atom. The Morgan fingerprint density at radius 2 is 2.50 bits per heavy atom. The maximum atomic E-state index is 10.8. The van der Waals surface area contributed by atoms with Gasteiger partial charge in [0.05, 0.1) is 0 Å². The van der Waals surface area contributed by atoms with Crippen molar-refractivity contribution in [3.05, 3.63) is 24.0 Å². The maximum Gasteiger partial charge on any atom is 0.354 e. The van der Waals surface area contributed by atoms with Crippen LogP contribution in [-0.2, 0) is 0 Å². The van der Waals surface area contributed by atoms with Crippen LogP contribution in [0.3, 0.4) is 0 Å². The van der Waals surface area contributed by atoms with Crippen LogP contribution in [0.25, 0.3) is 0 Å². The Bertz CT molecular complexity index is 397. The lowest BCUT2D eigenvalue weighted by molar-refractivity contribution is 0.0690. The Kier molecular flexibility index (Phi) is 3.33. The molecule has 1 atom stereocenters. The molecule has 0 saturated carbocycles. The number of hydrogen-bond donors (Lipinski definition) is 1. The third-order valence-corrected chi connectivity index (χ3v) is 3.71. The van der Waals surface area contributed by atoms with Crippen molar-refractivity contribution in [3.63, 3.8) is 0 Å². The van der Waals surface area contributed by atoms with Gasteiger partial charge in [-0.1, -0.05) is 6.92 Å². The zero-order chi connectivity index (χ0) is 11.5. The number of carbonyl (C=O) groups is 1. The first-order valence-electron chi connectivity index (χ1n) is 5.22. The highest BCUT2D eigenvalue weighted by Gasteiger charge is 2.18. The molecule has 2 heterocycles. The van der Waals surface area contributed by atoms with E-state index in [2.05, 4.69) is 16.8 Å². The van der Waals surface area contributed by atoms with E-state index in [1.165, 1.54) is 0 Å². The van der Waals surface area contributed by atoms with Gasteiger partial charge in [0.2, 0.25) is 0 Å². The van der Waals surface area contributed by atoms with Gasteiger partial charge in [-0.2, -0.15) is 11.8 Å². The summed E-state index contributed by atoms with van der Waals surface area (Å²) >= 11 is 1.95. The summed E-state index contributed by atoms with van der Waals surface area (Å²) in [5.74, 6) is 0.118. The van der Waals surface area contributed by atoms with Crippen molar-refractivity contribution in [2.75, 3.05) is 23.7 Å². The summed E-state index contributed by atoms with van der Waals surface area (Å²) in [6.07, 6.45) is 1.56. The quantitative estimate of drug-likeness (QED) is 0.850. The van der Waals surface area contributed by atoms with Crippen LogP contribution in [0.4, 0.5) is 5.69 Å². The van der Waals surface area contributed by atoms with E-state index in [-0.39, 0.29) is 5.69 Å². The van der Waals surface area contributed by atoms with Crippen molar-refractivity contribution < 1.29 is 9.90 Å². The molecule has 86 valence electrons. The van der Waals surface area contributed by atoms with E-state index in [1.54, 1.807) is 12.3 Å². The van der Waals surface area contributed by atoms with Crippen LogP contribution in [0.2, 0.25) is 0 Å². The zero-order valence-electron chi connectivity index (χ0n) is 9.09. The van der Waals surface area contributed by atoms with Gasteiger partial charge in [-0.3, -0.25) is 0 Å². The van der Waals surface area contributed by atoms with Crippen molar-refractivity contribution in [2.24, 2.45) is 0 Å². The molecule has 1 unspecified atom stereocenters. The Labute approximate surface area is 98.7 Å². The molecule has 5 heteroatoms. The van der Waals surface area contributed by atoms with Crippen molar-refractivity contribution in [1.82, 2.24) is 4.98 Å². The van der Waals surface area contributed by atoms with Crippen LogP contribution >= 0.6 is 11.8 Å². The number of carboxylic acids is 1. The van der Waals surface area contributed by atoms with E-state index < -0.39 is 5.97 Å². The highest BCUT2D eigenvalue weighted by molar-refractivity contribution is 8.00. The van der Waals surface area contributed by atoms with Gasteiger partial charge in [0.15, 0.2) is 0 Å². The second-order valence-electron chi connectivity index (χ2n) is 3.83. The molecule has 1 aromatic rings. The van der Waals surface area contributed by atoms with Crippen molar-refractivity contribution >= 4 is 23.4 Å². The molecule has 0 aliphatic carbocycles. The molecule has 2 rings (SSSR count). The van der Waals surface area contributed by atoms with Gasteiger partial charge in [0.25, 0.3) is 0 Å². The highest BCUT2D eigenvalue weighted by atomic mass is 32.2. The molecule has 0 bridgehead atoms. The molecule has 1 aliphatic heterocycles. The summed E-state index contributed by atoms with van der Waals surface area (Å²) in [6.45, 7) is 4.13. The molecule has 0 spiro atoms. The van der Waals surface area contributed by atoms with E-state index in [0.29, 0.717) is 5.25 Å². The van der Waals surface area contributed by atoms with Gasteiger partial charge >= 0.3 is 5.97 Å². The fourth-order valence-corrected chi connectivity index (χ4v) is 2.80. The summed E-state index contributed by atoms with van der Waals surface area (Å²) in [6, 6.07) is 3.51. The average molecular weight is 238 g/mol. The zero-order valence-corrected chi connectivity index (χ0v) is 9.91. The number of anilines is 1. The Hall–Kier alpha value is -1.23. The molecule has 1 fully saturated rings. The highest BCUT2D eigenvalue weighted by Crippen LogP contribution is 2.23. The second-order valence-corrected chi connectivity index (χ2v) is 5.38. The van der Waals surface area contributed by atoms with Crippen LogP contribution in [0.1, 0.15) is 17.4 Å². The molecule has 1 N–H and O–H groups in total. The third kappa shape index (κ3) is 2.47. The van der Waals surface area contributed by atoms with E-state index in [1.807, 2.05) is 17.8 Å². The normalized spacial score (nSPS) is 20.8. The van der Waals surface area contributed by atoms with Crippen molar-refractivity contribution in [3.8, 4) is 0 Å². The summed E-state index contributed by atoms with van der Waals surface area (Å²) in [5, 5.41) is 9.47. The van der Waals surface area contributed by atoms with Gasteiger partial charge in [-0.05, 0) is 12.1 Å². The number of pyridine rings is 1. The van der Waals surface area contributed by atoms with Crippen molar-refractivity contribution in [2.45, 2.75) is 12.2 Å². The number of hydrogen-bond acceptors (Lipinski definition) is 4. The van der Waals surface area contributed by atoms with Crippen LogP contribution in [0.5, 0.6) is 0 Å². The summed E-state index contributed by atoms with van der Waals surface area (Å²) in [5.41, 5.74) is 1.07. The lowest BCUT2D eigenvalue weighted by Crippen LogP contribution is -2.36. The standard InChI is InChI=1S/C11H14N2O2S/c1-8-7-13(4-5-16-8)9-2-3-12-10(6-9)11(14)15/h2-3,6,8H,4-5,7H2,1H3,(H,14,15). The van der Waals surface area contributed by atoms with Crippen molar-refractivity contribution in [1.29, 1.82) is 0 Å². The minimum atomic E-state index is -0.971. The van der Waals surface area contributed by atoms with Crippen LogP contribution in [-0.4, -0.2) is 40.2 Å². The minimum Gasteiger partial charge on any atom is -0.477 e. The number of aromatic nitrogens is 1. The van der Waals surface area contributed by atoms with Gasteiger partial charge in [-0.25, -0.2) is 9.78 Å². The molecule has 0 radical (unpaired) electrons. The molecule has 1 aliphatic rings. The summed E-state index contributed by atoms with van der Waals surface area (Å²) < 4.78 is 0. The SMILES string of the molecule is CC1CN(c2ccnc(C(=O)O)c2)CCS1. The summed E-state index contributed by atoms with van der Waals surface area (Å²) in [7, 11) is 0. The number of carboxylic acid groups (broad SMARTS) is 1. The van der Waals surface area contributed by atoms with Crippen LogP contribution < -0.4 is 4.90 Å². The fourth-order valence-electron chi connectivity index (χ4n) is 1.79. The predicted molar refractivity (Wildman–Crippen MR) is 65.3 cm³/mol. The van der Waals surface area contributed by atoms with E-state index in [0.717, 1.165) is 24.5 Å². The predicted octanol–water partition coefficient (Wildman–Crippen LogP) is 1.72. The molecular weight excluding hydrogens is 224 g/mol. The minimum absolute atomic E-state index is 0.114. The first-order chi connectivity index (χ1) is 7.66. The molecule has 1 saturated heterocycles. The lowest BCUT2D eigenvalue weighted by Gasteiger charge is -2.32. The lowest BCUT2D eigenvalue weighted by atomic mass is 10.2. The summed E-state index contributed by atoms with van der Waals surface area (Å²) in [4.78, 5) is 16.9. The third-order valence-electron chi connectivity index (χ3n) is 2.57. The largest absolute Gasteiger partial charge is 0.477 e.